The third-order valence-corrected chi connectivity index (χ3v) is 10.3. The van der Waals surface area contributed by atoms with Gasteiger partial charge in [0.25, 0.3) is 0 Å². The second-order valence-corrected chi connectivity index (χ2v) is 12.9. The Labute approximate surface area is 229 Å². The van der Waals surface area contributed by atoms with Crippen molar-refractivity contribution in [2.45, 2.75) is 121 Å². The molecule has 2 aromatic rings. The van der Waals surface area contributed by atoms with Gasteiger partial charge in [0.15, 0.2) is 0 Å². The van der Waals surface area contributed by atoms with Crippen LogP contribution in [0.25, 0.3) is 0 Å². The van der Waals surface area contributed by atoms with Gasteiger partial charge in [-0.2, -0.15) is 0 Å². The number of piperidine rings is 1. The van der Waals surface area contributed by atoms with Gasteiger partial charge in [0, 0.05) is 35.2 Å². The van der Waals surface area contributed by atoms with Crippen molar-refractivity contribution < 1.29 is 24.0 Å². The Morgan fingerprint density at radius 3 is 2.38 bits per heavy atom. The van der Waals surface area contributed by atoms with E-state index in [2.05, 4.69) is 10.5 Å². The molecule has 2 amide bonds. The van der Waals surface area contributed by atoms with E-state index in [-0.39, 0.29) is 29.8 Å². The lowest BCUT2D eigenvalue weighted by molar-refractivity contribution is -0.0162. The molecule has 8 heteroatoms. The first kappa shape index (κ1) is 25.1. The van der Waals surface area contributed by atoms with E-state index < -0.39 is 5.97 Å². The van der Waals surface area contributed by atoms with Crippen LogP contribution in [0.2, 0.25) is 0 Å². The number of carboxylic acid groups (broad SMARTS) is 1. The van der Waals surface area contributed by atoms with Crippen LogP contribution < -0.4 is 5.32 Å². The summed E-state index contributed by atoms with van der Waals surface area (Å²) in [5.74, 6) is 1.11. The van der Waals surface area contributed by atoms with Crippen molar-refractivity contribution in [3.8, 4) is 0 Å². The second-order valence-electron chi connectivity index (χ2n) is 12.9. The number of nitrogens with one attached hydrogen (secondary N) is 1. The summed E-state index contributed by atoms with van der Waals surface area (Å²) in [5, 5.41) is 16.9. The lowest BCUT2D eigenvalue weighted by Gasteiger charge is -2.39. The van der Waals surface area contributed by atoms with Crippen LogP contribution >= 0.6 is 0 Å². The number of ether oxygens (including phenoxy) is 1. The number of carbonyl (C=O) groups excluding carboxylic acids is 1. The van der Waals surface area contributed by atoms with Crippen LogP contribution in [0.5, 0.6) is 0 Å². The van der Waals surface area contributed by atoms with Crippen molar-refractivity contribution in [1.82, 2.24) is 10.1 Å². The monoisotopic (exact) mass is 533 g/mol. The van der Waals surface area contributed by atoms with Crippen LogP contribution in [0.1, 0.15) is 122 Å². The fraction of sp³-hybridized carbons (Fsp3) is 0.645. The molecule has 8 nitrogen and oxygen atoms in total. The van der Waals surface area contributed by atoms with Crippen molar-refractivity contribution in [3.05, 3.63) is 46.3 Å². The summed E-state index contributed by atoms with van der Waals surface area (Å²) in [7, 11) is 0. The summed E-state index contributed by atoms with van der Waals surface area (Å²) in [5.41, 5.74) is 4.68. The second kappa shape index (κ2) is 9.65. The van der Waals surface area contributed by atoms with E-state index in [1.807, 2.05) is 11.8 Å². The molecule has 3 aliphatic carbocycles. The van der Waals surface area contributed by atoms with Crippen LogP contribution in [0.4, 0.5) is 10.5 Å². The summed E-state index contributed by atoms with van der Waals surface area (Å²) in [4.78, 5) is 26.5. The molecule has 0 radical (unpaired) electrons. The van der Waals surface area contributed by atoms with Gasteiger partial charge >= 0.3 is 12.0 Å². The van der Waals surface area contributed by atoms with Gasteiger partial charge in [-0.25, -0.2) is 9.59 Å². The van der Waals surface area contributed by atoms with E-state index in [1.54, 1.807) is 12.1 Å². The molecule has 2 saturated heterocycles. The summed E-state index contributed by atoms with van der Waals surface area (Å²) in [6, 6.07) is 5.02. The zero-order chi connectivity index (χ0) is 26.7. The van der Waals surface area contributed by atoms with Crippen molar-refractivity contribution in [2.75, 3.05) is 5.32 Å². The molecule has 2 N–H and O–H groups in total. The maximum Gasteiger partial charge on any atom is 0.335 e. The summed E-state index contributed by atoms with van der Waals surface area (Å²) >= 11 is 0. The zero-order valence-electron chi connectivity index (χ0n) is 22.8. The van der Waals surface area contributed by atoms with Crippen molar-refractivity contribution in [1.29, 1.82) is 0 Å². The number of amides is 2. The molecule has 7 rings (SSSR count). The Morgan fingerprint density at radius 1 is 1.05 bits per heavy atom. The fourth-order valence-electron chi connectivity index (χ4n) is 7.56. The molecule has 1 spiro atoms. The predicted octanol–water partition coefficient (Wildman–Crippen LogP) is 6.74. The molecule has 2 unspecified atom stereocenters. The van der Waals surface area contributed by atoms with E-state index in [0.717, 1.165) is 42.7 Å². The van der Waals surface area contributed by atoms with Gasteiger partial charge in [-0.15, -0.1) is 0 Å². The van der Waals surface area contributed by atoms with Gasteiger partial charge in [0.2, 0.25) is 0 Å². The quantitative estimate of drug-likeness (QED) is 0.408. The molecule has 2 aliphatic heterocycles. The Morgan fingerprint density at radius 2 is 1.77 bits per heavy atom. The standard InChI is InChI=1S/C31H39N3O5/c1-18-14-21(29(35)36)4-7-26(18)32-30(37)34-22-5-6-23(34)16-24(15-22)38-17-25-27(33-39-28(25)20-2-3-20)19-8-10-31(11-9-19)12-13-31/h4,7,14,19-20,22-24H,2-3,5-6,8-13,15-17H2,1H3,(H,32,37)(H,35,36). The summed E-state index contributed by atoms with van der Waals surface area (Å²) < 4.78 is 12.5. The minimum absolute atomic E-state index is 0.102. The highest BCUT2D eigenvalue weighted by Gasteiger charge is 2.47. The molecule has 2 atom stereocenters. The Balaban J connectivity index is 0.991. The van der Waals surface area contributed by atoms with E-state index in [9.17, 15) is 14.7 Å². The number of anilines is 1. The number of fused-ring (bicyclic) bond motifs is 2. The number of urea groups is 1. The maximum atomic E-state index is 13.3. The first-order valence-corrected chi connectivity index (χ1v) is 14.9. The van der Waals surface area contributed by atoms with Gasteiger partial charge in [0.1, 0.15) is 5.76 Å². The van der Waals surface area contributed by atoms with Crippen LogP contribution in [0, 0.1) is 12.3 Å². The molecule has 39 heavy (non-hydrogen) atoms. The smallest absolute Gasteiger partial charge is 0.335 e. The third kappa shape index (κ3) is 4.85. The van der Waals surface area contributed by atoms with Gasteiger partial charge in [-0.1, -0.05) is 5.16 Å². The molecule has 1 aromatic heterocycles. The minimum atomic E-state index is -0.968. The van der Waals surface area contributed by atoms with Crippen molar-refractivity contribution in [3.63, 3.8) is 0 Å². The average molecular weight is 534 g/mol. The first-order chi connectivity index (χ1) is 18.9. The van der Waals surface area contributed by atoms with E-state index in [1.165, 1.54) is 63.0 Å². The number of rotatable bonds is 7. The lowest BCUT2D eigenvalue weighted by atomic mass is 9.77. The Hall–Kier alpha value is -2.87. The predicted molar refractivity (Wildman–Crippen MR) is 145 cm³/mol. The number of nitrogens with zero attached hydrogens (tertiary/aromatic N) is 2. The first-order valence-electron chi connectivity index (χ1n) is 14.9. The SMILES string of the molecule is Cc1cc(C(=O)O)ccc1NC(=O)N1C2CCC1CC(OCc1c(C3CCC4(CC3)CC4)noc1C1CC1)C2. The highest BCUT2D eigenvalue weighted by atomic mass is 16.5. The lowest BCUT2D eigenvalue weighted by Crippen LogP contribution is -2.50. The Bertz CT molecular complexity index is 1260. The minimum Gasteiger partial charge on any atom is -0.478 e. The molecule has 5 fully saturated rings. The number of aryl methyl sites for hydroxylation is 1. The molecule has 1 aromatic carbocycles. The zero-order valence-corrected chi connectivity index (χ0v) is 22.8. The summed E-state index contributed by atoms with van der Waals surface area (Å²) in [6.07, 6.45) is 14.1. The van der Waals surface area contributed by atoms with Gasteiger partial charge < -0.3 is 24.6 Å². The fourth-order valence-corrected chi connectivity index (χ4v) is 7.56. The normalized spacial score (nSPS) is 27.6. The molecule has 2 bridgehead atoms. The number of benzene rings is 1. The number of carboxylic acids is 1. The topological polar surface area (TPSA) is 105 Å². The van der Waals surface area contributed by atoms with E-state index in [4.69, 9.17) is 9.26 Å². The largest absolute Gasteiger partial charge is 0.478 e. The highest BCUT2D eigenvalue weighted by Crippen LogP contribution is 2.59. The molecule has 5 aliphatic rings. The number of aromatic carboxylic acids is 1. The van der Waals surface area contributed by atoms with Crippen LogP contribution in [0.15, 0.2) is 22.7 Å². The van der Waals surface area contributed by atoms with Crippen molar-refractivity contribution >= 4 is 17.7 Å². The van der Waals surface area contributed by atoms with Gasteiger partial charge in [-0.3, -0.25) is 0 Å². The summed E-state index contributed by atoms with van der Waals surface area (Å²) in [6.45, 7) is 2.39. The van der Waals surface area contributed by atoms with Crippen LogP contribution in [0.3, 0.4) is 0 Å². The molecule has 3 saturated carbocycles. The number of carbonyl (C=O) groups is 2. The number of aromatic nitrogens is 1. The van der Waals surface area contributed by atoms with E-state index in [0.29, 0.717) is 29.5 Å². The molecule has 208 valence electrons. The third-order valence-electron chi connectivity index (χ3n) is 10.3. The van der Waals surface area contributed by atoms with Crippen LogP contribution in [-0.4, -0.2) is 45.4 Å². The highest BCUT2D eigenvalue weighted by molar-refractivity contribution is 5.93. The number of hydrogen-bond acceptors (Lipinski definition) is 5. The molecular weight excluding hydrogens is 494 g/mol. The van der Waals surface area contributed by atoms with Gasteiger partial charge in [0.05, 0.1) is 24.0 Å². The van der Waals surface area contributed by atoms with Crippen molar-refractivity contribution in [2.24, 2.45) is 5.41 Å². The molecule has 3 heterocycles. The molecular formula is C31H39N3O5. The average Bonchev–Trinajstić information content (AvgIpc) is 3.85. The van der Waals surface area contributed by atoms with Crippen LogP contribution in [-0.2, 0) is 11.3 Å². The maximum absolute atomic E-state index is 13.3. The van der Waals surface area contributed by atoms with Gasteiger partial charge in [-0.05, 0) is 113 Å². The van der Waals surface area contributed by atoms with E-state index >= 15 is 0 Å². The Kier molecular flexibility index (Phi) is 6.21. The number of hydrogen-bond donors (Lipinski definition) is 2.